The lowest BCUT2D eigenvalue weighted by Gasteiger charge is -2.06. The number of carbonyl (C=O) groups is 2. The van der Waals surface area contributed by atoms with Gasteiger partial charge < -0.3 is 20.1 Å². The first-order valence-electron chi connectivity index (χ1n) is 5.76. The van der Waals surface area contributed by atoms with E-state index >= 15 is 0 Å². The highest BCUT2D eigenvalue weighted by atomic mass is 16.7. The predicted octanol–water partition coefficient (Wildman–Crippen LogP) is 1.05. The SMILES string of the molecule is C=CCNC(=O)CC(=O)Nc1ccc2c(c1)OCO2. The van der Waals surface area contributed by atoms with Crippen molar-refractivity contribution in [2.24, 2.45) is 0 Å². The van der Waals surface area contributed by atoms with Crippen molar-refractivity contribution in [2.45, 2.75) is 6.42 Å². The third-order valence-corrected chi connectivity index (χ3v) is 2.42. The van der Waals surface area contributed by atoms with Crippen LogP contribution in [0.4, 0.5) is 5.69 Å². The number of hydrogen-bond donors (Lipinski definition) is 2. The zero-order valence-corrected chi connectivity index (χ0v) is 10.3. The standard InChI is InChI=1S/C13H14N2O4/c1-2-5-14-12(16)7-13(17)15-9-3-4-10-11(6-9)19-8-18-10/h2-4,6H,1,5,7-8H2,(H,14,16)(H,15,17). The molecule has 0 radical (unpaired) electrons. The van der Waals surface area contributed by atoms with E-state index in [4.69, 9.17) is 9.47 Å². The Kier molecular flexibility index (Phi) is 4.02. The summed E-state index contributed by atoms with van der Waals surface area (Å²) in [6, 6.07) is 5.05. The van der Waals surface area contributed by atoms with Crippen LogP contribution in [0.5, 0.6) is 11.5 Å². The number of rotatable bonds is 5. The van der Waals surface area contributed by atoms with Crippen LogP contribution in [0.25, 0.3) is 0 Å². The largest absolute Gasteiger partial charge is 0.454 e. The van der Waals surface area contributed by atoms with Gasteiger partial charge in [0, 0.05) is 18.3 Å². The summed E-state index contributed by atoms with van der Waals surface area (Å²) in [6.45, 7) is 3.99. The molecule has 1 aliphatic heterocycles. The van der Waals surface area contributed by atoms with Crippen LogP contribution in [-0.4, -0.2) is 25.2 Å². The number of nitrogens with one attached hydrogen (secondary N) is 2. The fourth-order valence-corrected chi connectivity index (χ4v) is 1.57. The molecule has 0 spiro atoms. The number of fused-ring (bicyclic) bond motifs is 1. The molecule has 0 bridgehead atoms. The molecule has 100 valence electrons. The Morgan fingerprint density at radius 3 is 2.84 bits per heavy atom. The second-order valence-corrected chi connectivity index (χ2v) is 3.89. The Morgan fingerprint density at radius 1 is 1.26 bits per heavy atom. The normalized spacial score (nSPS) is 11.8. The van der Waals surface area contributed by atoms with Crippen molar-refractivity contribution in [3.05, 3.63) is 30.9 Å². The molecular formula is C13H14N2O4. The molecule has 1 heterocycles. The van der Waals surface area contributed by atoms with Crippen molar-refractivity contribution >= 4 is 17.5 Å². The molecule has 0 fully saturated rings. The number of benzene rings is 1. The van der Waals surface area contributed by atoms with Crippen LogP contribution in [0.15, 0.2) is 30.9 Å². The third-order valence-electron chi connectivity index (χ3n) is 2.42. The Bertz CT molecular complexity index is 513. The first-order chi connectivity index (χ1) is 9.19. The Hall–Kier alpha value is -2.50. The minimum atomic E-state index is -0.388. The summed E-state index contributed by atoms with van der Waals surface area (Å²) >= 11 is 0. The van der Waals surface area contributed by atoms with Gasteiger partial charge in [-0.25, -0.2) is 0 Å². The van der Waals surface area contributed by atoms with E-state index in [9.17, 15) is 9.59 Å². The summed E-state index contributed by atoms with van der Waals surface area (Å²) in [5.74, 6) is 0.481. The molecule has 1 aromatic carbocycles. The summed E-state index contributed by atoms with van der Waals surface area (Å²) in [4.78, 5) is 22.9. The van der Waals surface area contributed by atoms with Gasteiger partial charge >= 0.3 is 0 Å². The van der Waals surface area contributed by atoms with E-state index in [0.717, 1.165) is 0 Å². The van der Waals surface area contributed by atoms with Crippen molar-refractivity contribution in [3.63, 3.8) is 0 Å². The minimum absolute atomic E-state index is 0.177. The van der Waals surface area contributed by atoms with E-state index in [1.165, 1.54) is 0 Å². The monoisotopic (exact) mass is 262 g/mol. The molecule has 0 saturated carbocycles. The molecular weight excluding hydrogens is 248 g/mol. The zero-order valence-electron chi connectivity index (χ0n) is 10.3. The van der Waals surface area contributed by atoms with Crippen molar-refractivity contribution in [2.75, 3.05) is 18.7 Å². The van der Waals surface area contributed by atoms with Crippen molar-refractivity contribution in [1.29, 1.82) is 0 Å². The van der Waals surface area contributed by atoms with E-state index in [0.29, 0.717) is 23.7 Å². The zero-order chi connectivity index (χ0) is 13.7. The first kappa shape index (κ1) is 12.9. The summed E-state index contributed by atoms with van der Waals surface area (Å²) in [5, 5.41) is 5.15. The summed E-state index contributed by atoms with van der Waals surface area (Å²) < 4.78 is 10.3. The molecule has 0 atom stereocenters. The van der Waals surface area contributed by atoms with Crippen LogP contribution in [-0.2, 0) is 9.59 Å². The van der Waals surface area contributed by atoms with Crippen molar-refractivity contribution < 1.29 is 19.1 Å². The fourth-order valence-electron chi connectivity index (χ4n) is 1.57. The van der Waals surface area contributed by atoms with Gasteiger partial charge in [-0.05, 0) is 12.1 Å². The van der Waals surface area contributed by atoms with Crippen molar-refractivity contribution in [3.8, 4) is 11.5 Å². The maximum atomic E-state index is 11.6. The lowest BCUT2D eigenvalue weighted by Crippen LogP contribution is -2.28. The molecule has 19 heavy (non-hydrogen) atoms. The topological polar surface area (TPSA) is 76.7 Å². The number of hydrogen-bond acceptors (Lipinski definition) is 4. The maximum absolute atomic E-state index is 11.6. The Labute approximate surface area is 110 Å². The summed E-state index contributed by atoms with van der Waals surface area (Å²) in [7, 11) is 0. The molecule has 0 unspecified atom stereocenters. The number of ether oxygens (including phenoxy) is 2. The molecule has 2 amide bonds. The summed E-state index contributed by atoms with van der Waals surface area (Å²) in [5.41, 5.74) is 0.561. The lowest BCUT2D eigenvalue weighted by atomic mass is 10.2. The highest BCUT2D eigenvalue weighted by Gasteiger charge is 2.15. The van der Waals surface area contributed by atoms with E-state index in [1.54, 1.807) is 24.3 Å². The van der Waals surface area contributed by atoms with Gasteiger partial charge in [-0.1, -0.05) is 6.08 Å². The van der Waals surface area contributed by atoms with Gasteiger partial charge in [0.2, 0.25) is 18.6 Å². The Balaban J connectivity index is 1.88. The second-order valence-electron chi connectivity index (χ2n) is 3.89. The number of anilines is 1. The quantitative estimate of drug-likeness (QED) is 0.614. The van der Waals surface area contributed by atoms with Gasteiger partial charge in [0.15, 0.2) is 11.5 Å². The maximum Gasteiger partial charge on any atom is 0.233 e. The highest BCUT2D eigenvalue weighted by molar-refractivity contribution is 6.03. The molecule has 2 rings (SSSR count). The van der Waals surface area contributed by atoms with Gasteiger partial charge in [-0.15, -0.1) is 6.58 Å². The van der Waals surface area contributed by atoms with Gasteiger partial charge in [0.1, 0.15) is 6.42 Å². The average Bonchev–Trinajstić information content (AvgIpc) is 2.83. The molecule has 1 aromatic rings. The molecule has 0 aliphatic carbocycles. The van der Waals surface area contributed by atoms with E-state index < -0.39 is 0 Å². The van der Waals surface area contributed by atoms with Crippen LogP contribution in [0, 0.1) is 0 Å². The van der Waals surface area contributed by atoms with Crippen LogP contribution in [0.3, 0.4) is 0 Å². The number of carbonyl (C=O) groups excluding carboxylic acids is 2. The highest BCUT2D eigenvalue weighted by Crippen LogP contribution is 2.34. The third kappa shape index (κ3) is 3.48. The van der Waals surface area contributed by atoms with Crippen LogP contribution < -0.4 is 20.1 Å². The molecule has 2 N–H and O–H groups in total. The molecule has 6 heteroatoms. The van der Waals surface area contributed by atoms with Crippen LogP contribution in [0.1, 0.15) is 6.42 Å². The van der Waals surface area contributed by atoms with E-state index in [-0.39, 0.29) is 25.0 Å². The van der Waals surface area contributed by atoms with Gasteiger partial charge in [0.05, 0.1) is 0 Å². The second kappa shape index (κ2) is 5.90. The van der Waals surface area contributed by atoms with E-state index in [1.807, 2.05) is 0 Å². The van der Waals surface area contributed by atoms with Crippen molar-refractivity contribution in [1.82, 2.24) is 5.32 Å². The molecule has 6 nitrogen and oxygen atoms in total. The lowest BCUT2D eigenvalue weighted by molar-refractivity contribution is -0.126. The number of amides is 2. The van der Waals surface area contributed by atoms with Gasteiger partial charge in [0.25, 0.3) is 0 Å². The van der Waals surface area contributed by atoms with Crippen LogP contribution in [0.2, 0.25) is 0 Å². The van der Waals surface area contributed by atoms with Gasteiger partial charge in [-0.3, -0.25) is 9.59 Å². The smallest absolute Gasteiger partial charge is 0.233 e. The predicted molar refractivity (Wildman–Crippen MR) is 69.0 cm³/mol. The minimum Gasteiger partial charge on any atom is -0.454 e. The molecule has 1 aliphatic rings. The Morgan fingerprint density at radius 2 is 2.05 bits per heavy atom. The van der Waals surface area contributed by atoms with Crippen LogP contribution >= 0.6 is 0 Å². The average molecular weight is 262 g/mol. The fraction of sp³-hybridized carbons (Fsp3) is 0.231. The first-order valence-corrected chi connectivity index (χ1v) is 5.76. The van der Waals surface area contributed by atoms with Gasteiger partial charge in [-0.2, -0.15) is 0 Å². The summed E-state index contributed by atoms with van der Waals surface area (Å²) in [6.07, 6.45) is 1.32. The molecule has 0 saturated heterocycles. The molecule has 0 aromatic heterocycles. The van der Waals surface area contributed by atoms with E-state index in [2.05, 4.69) is 17.2 Å².